The standard InChI is InChI=1S/C8H8BrN3O/c1-2-7-11-12-8(13-7)6-3-5(9)4-10-6/h3-4,10H,2H2,1H3. The molecule has 0 amide bonds. The lowest BCUT2D eigenvalue weighted by Gasteiger charge is -1.85. The molecule has 13 heavy (non-hydrogen) atoms. The van der Waals surface area contributed by atoms with Crippen molar-refractivity contribution in [3.8, 4) is 11.6 Å². The first-order chi connectivity index (χ1) is 6.29. The number of rotatable bonds is 2. The molecule has 1 N–H and O–H groups in total. The van der Waals surface area contributed by atoms with Crippen LogP contribution in [0.4, 0.5) is 0 Å². The first-order valence-electron chi connectivity index (χ1n) is 3.96. The van der Waals surface area contributed by atoms with Crippen LogP contribution in [0, 0.1) is 0 Å². The van der Waals surface area contributed by atoms with Crippen molar-refractivity contribution in [1.82, 2.24) is 15.2 Å². The van der Waals surface area contributed by atoms with Crippen LogP contribution in [0.3, 0.4) is 0 Å². The number of nitrogens with zero attached hydrogens (tertiary/aromatic N) is 2. The Balaban J connectivity index is 2.35. The van der Waals surface area contributed by atoms with Crippen LogP contribution in [0.1, 0.15) is 12.8 Å². The molecule has 0 atom stereocenters. The van der Waals surface area contributed by atoms with Crippen molar-refractivity contribution < 1.29 is 4.42 Å². The van der Waals surface area contributed by atoms with Crippen LogP contribution in [0.25, 0.3) is 11.6 Å². The molecule has 68 valence electrons. The fraction of sp³-hybridized carbons (Fsp3) is 0.250. The molecule has 2 heterocycles. The Bertz CT molecular complexity index is 407. The summed E-state index contributed by atoms with van der Waals surface area (Å²) in [4.78, 5) is 3.02. The van der Waals surface area contributed by atoms with Crippen LogP contribution in [0.2, 0.25) is 0 Å². The molecule has 2 aromatic rings. The second kappa shape index (κ2) is 3.33. The molecule has 0 radical (unpaired) electrons. The summed E-state index contributed by atoms with van der Waals surface area (Å²) in [5.41, 5.74) is 0.832. The van der Waals surface area contributed by atoms with Gasteiger partial charge in [0.15, 0.2) is 0 Å². The summed E-state index contributed by atoms with van der Waals surface area (Å²) >= 11 is 3.33. The maximum atomic E-state index is 5.36. The van der Waals surface area contributed by atoms with Gasteiger partial charge in [0, 0.05) is 17.1 Å². The van der Waals surface area contributed by atoms with Gasteiger partial charge < -0.3 is 9.40 Å². The molecule has 4 nitrogen and oxygen atoms in total. The SMILES string of the molecule is CCc1nnc(-c2cc(Br)c[nH]2)o1. The molecule has 0 aliphatic rings. The molecule has 0 aromatic carbocycles. The zero-order valence-corrected chi connectivity index (χ0v) is 8.63. The van der Waals surface area contributed by atoms with E-state index in [0.29, 0.717) is 11.8 Å². The molecule has 0 saturated heterocycles. The van der Waals surface area contributed by atoms with Gasteiger partial charge in [-0.15, -0.1) is 10.2 Å². The van der Waals surface area contributed by atoms with E-state index in [9.17, 15) is 0 Å². The van der Waals surface area contributed by atoms with E-state index in [1.54, 1.807) is 0 Å². The molecule has 0 saturated carbocycles. The van der Waals surface area contributed by atoms with E-state index >= 15 is 0 Å². The molecular weight excluding hydrogens is 234 g/mol. The lowest BCUT2D eigenvalue weighted by molar-refractivity contribution is 0.511. The van der Waals surface area contributed by atoms with Gasteiger partial charge >= 0.3 is 0 Å². The van der Waals surface area contributed by atoms with E-state index in [-0.39, 0.29) is 0 Å². The Hall–Kier alpha value is -1.10. The van der Waals surface area contributed by atoms with Gasteiger partial charge in [-0.3, -0.25) is 0 Å². The molecule has 0 aliphatic heterocycles. The van der Waals surface area contributed by atoms with Crippen LogP contribution in [0.5, 0.6) is 0 Å². The predicted octanol–water partition coefficient (Wildman–Crippen LogP) is 2.39. The largest absolute Gasteiger partial charge is 0.419 e. The van der Waals surface area contributed by atoms with E-state index in [0.717, 1.165) is 16.6 Å². The van der Waals surface area contributed by atoms with Crippen molar-refractivity contribution in [1.29, 1.82) is 0 Å². The van der Waals surface area contributed by atoms with Crippen molar-refractivity contribution in [2.24, 2.45) is 0 Å². The number of H-pyrrole nitrogens is 1. The molecular formula is C8H8BrN3O. The Morgan fingerprint density at radius 3 is 2.92 bits per heavy atom. The summed E-state index contributed by atoms with van der Waals surface area (Å²) in [6.07, 6.45) is 2.58. The fourth-order valence-electron chi connectivity index (χ4n) is 0.997. The van der Waals surface area contributed by atoms with Crippen molar-refractivity contribution in [3.05, 3.63) is 22.6 Å². The zero-order valence-electron chi connectivity index (χ0n) is 7.04. The Labute approximate surface area is 83.5 Å². The minimum atomic E-state index is 0.530. The maximum absolute atomic E-state index is 5.36. The van der Waals surface area contributed by atoms with E-state index in [2.05, 4.69) is 31.1 Å². The number of nitrogens with one attached hydrogen (secondary N) is 1. The van der Waals surface area contributed by atoms with Gasteiger partial charge in [0.2, 0.25) is 5.89 Å². The molecule has 2 aromatic heterocycles. The Morgan fingerprint density at radius 2 is 2.38 bits per heavy atom. The summed E-state index contributed by atoms with van der Waals surface area (Å²) in [5, 5.41) is 7.77. The van der Waals surface area contributed by atoms with Crippen LogP contribution in [0.15, 0.2) is 21.2 Å². The number of hydrogen-bond acceptors (Lipinski definition) is 3. The van der Waals surface area contributed by atoms with Crippen molar-refractivity contribution in [2.45, 2.75) is 13.3 Å². The number of aryl methyl sites for hydroxylation is 1. The number of aromatic amines is 1. The van der Waals surface area contributed by atoms with E-state index in [4.69, 9.17) is 4.42 Å². The minimum absolute atomic E-state index is 0.530. The summed E-state index contributed by atoms with van der Waals surface area (Å²) in [6.45, 7) is 1.97. The van der Waals surface area contributed by atoms with Gasteiger partial charge in [-0.2, -0.15) is 0 Å². The highest BCUT2D eigenvalue weighted by Crippen LogP contribution is 2.20. The molecule has 2 rings (SSSR count). The summed E-state index contributed by atoms with van der Waals surface area (Å²) < 4.78 is 6.33. The van der Waals surface area contributed by atoms with Gasteiger partial charge in [0.1, 0.15) is 5.69 Å². The van der Waals surface area contributed by atoms with E-state index < -0.39 is 0 Å². The highest BCUT2D eigenvalue weighted by atomic mass is 79.9. The van der Waals surface area contributed by atoms with Gasteiger partial charge in [-0.1, -0.05) is 6.92 Å². The smallest absolute Gasteiger partial charge is 0.264 e. The fourth-order valence-corrected chi connectivity index (χ4v) is 1.34. The van der Waals surface area contributed by atoms with Crippen LogP contribution >= 0.6 is 15.9 Å². The van der Waals surface area contributed by atoms with Crippen molar-refractivity contribution >= 4 is 15.9 Å². The Kier molecular flexibility index (Phi) is 2.18. The normalized spacial score (nSPS) is 10.6. The summed E-state index contributed by atoms with van der Waals surface area (Å²) in [5.74, 6) is 1.18. The average Bonchev–Trinajstić information content (AvgIpc) is 2.71. The Morgan fingerprint density at radius 1 is 1.54 bits per heavy atom. The van der Waals surface area contributed by atoms with Gasteiger partial charge in [-0.25, -0.2) is 0 Å². The minimum Gasteiger partial charge on any atom is -0.419 e. The van der Waals surface area contributed by atoms with E-state index in [1.165, 1.54) is 0 Å². The molecule has 0 bridgehead atoms. The zero-order chi connectivity index (χ0) is 9.26. The number of aromatic nitrogens is 3. The highest BCUT2D eigenvalue weighted by molar-refractivity contribution is 9.10. The lowest BCUT2D eigenvalue weighted by Crippen LogP contribution is -1.76. The van der Waals surface area contributed by atoms with Gasteiger partial charge in [0.25, 0.3) is 5.89 Å². The maximum Gasteiger partial charge on any atom is 0.264 e. The van der Waals surface area contributed by atoms with E-state index in [1.807, 2.05) is 19.2 Å². The molecule has 0 aliphatic carbocycles. The topological polar surface area (TPSA) is 54.7 Å². The molecule has 0 spiro atoms. The summed E-state index contributed by atoms with van der Waals surface area (Å²) in [7, 11) is 0. The van der Waals surface area contributed by atoms with Crippen LogP contribution < -0.4 is 0 Å². The second-order valence-electron chi connectivity index (χ2n) is 2.59. The first kappa shape index (κ1) is 8.50. The van der Waals surface area contributed by atoms with Crippen LogP contribution in [-0.4, -0.2) is 15.2 Å². The van der Waals surface area contributed by atoms with Gasteiger partial charge in [-0.05, 0) is 22.0 Å². The average molecular weight is 242 g/mol. The number of halogens is 1. The third-order valence-electron chi connectivity index (χ3n) is 1.65. The third-order valence-corrected chi connectivity index (χ3v) is 2.11. The van der Waals surface area contributed by atoms with Crippen LogP contribution in [-0.2, 0) is 6.42 Å². The molecule has 0 unspecified atom stereocenters. The predicted molar refractivity (Wildman–Crippen MR) is 51.2 cm³/mol. The second-order valence-corrected chi connectivity index (χ2v) is 3.50. The molecule has 5 heteroatoms. The van der Waals surface area contributed by atoms with Crippen molar-refractivity contribution in [2.75, 3.05) is 0 Å². The monoisotopic (exact) mass is 241 g/mol. The first-order valence-corrected chi connectivity index (χ1v) is 4.75. The lowest BCUT2D eigenvalue weighted by atomic mass is 10.4. The summed E-state index contributed by atoms with van der Waals surface area (Å²) in [6, 6.07) is 1.90. The third kappa shape index (κ3) is 1.65. The number of hydrogen-bond donors (Lipinski definition) is 1. The quantitative estimate of drug-likeness (QED) is 0.879. The van der Waals surface area contributed by atoms with Crippen molar-refractivity contribution in [3.63, 3.8) is 0 Å². The molecule has 0 fully saturated rings. The van der Waals surface area contributed by atoms with Gasteiger partial charge in [0.05, 0.1) is 0 Å². The highest BCUT2D eigenvalue weighted by Gasteiger charge is 2.08.